The summed E-state index contributed by atoms with van der Waals surface area (Å²) < 4.78 is 1.07. The van der Waals surface area contributed by atoms with Crippen molar-refractivity contribution in [3.63, 3.8) is 0 Å². The van der Waals surface area contributed by atoms with Gasteiger partial charge in [0.05, 0.1) is 9.20 Å². The minimum absolute atomic E-state index is 0.441. The maximum atomic E-state index is 10.9. The van der Waals surface area contributed by atoms with Crippen LogP contribution in [0.2, 0.25) is 0 Å². The Hall–Kier alpha value is -0.350. The molecule has 0 spiro atoms. The fraction of sp³-hybridized carbons (Fsp3) is 0.444. The summed E-state index contributed by atoms with van der Waals surface area (Å²) in [5.74, 6) is -0.648. The van der Waals surface area contributed by atoms with Crippen LogP contribution in [0.25, 0.3) is 0 Å². The summed E-state index contributed by atoms with van der Waals surface area (Å²) >= 11 is 5.03. The van der Waals surface area contributed by atoms with E-state index >= 15 is 0 Å². The van der Waals surface area contributed by atoms with Crippen LogP contribution in [0.1, 0.15) is 18.4 Å². The maximum absolute atomic E-state index is 10.9. The van der Waals surface area contributed by atoms with Crippen molar-refractivity contribution in [3.8, 4) is 0 Å². The lowest BCUT2D eigenvalue weighted by Crippen LogP contribution is -2.17. The van der Waals surface area contributed by atoms with E-state index in [1.807, 2.05) is 11.4 Å². The van der Waals surface area contributed by atoms with Crippen molar-refractivity contribution in [1.82, 2.24) is 0 Å². The zero-order chi connectivity index (χ0) is 9.47. The monoisotopic (exact) mass is 260 g/mol. The van der Waals surface area contributed by atoms with Crippen LogP contribution in [-0.4, -0.2) is 11.1 Å². The lowest BCUT2D eigenvalue weighted by Gasteiger charge is -2.07. The van der Waals surface area contributed by atoms with Gasteiger partial charge in [-0.25, -0.2) is 0 Å². The molecule has 0 unspecified atom stereocenters. The maximum Gasteiger partial charge on any atom is 0.309 e. The van der Waals surface area contributed by atoms with E-state index in [0.717, 1.165) is 22.2 Å². The Labute approximate surface area is 88.7 Å². The van der Waals surface area contributed by atoms with Gasteiger partial charge in [-0.05, 0) is 52.2 Å². The van der Waals surface area contributed by atoms with Gasteiger partial charge >= 0.3 is 5.97 Å². The largest absolute Gasteiger partial charge is 0.481 e. The highest BCUT2D eigenvalue weighted by Gasteiger charge is 2.50. The first-order valence-electron chi connectivity index (χ1n) is 4.09. The van der Waals surface area contributed by atoms with Crippen LogP contribution in [0.15, 0.2) is 15.2 Å². The molecule has 0 aromatic carbocycles. The van der Waals surface area contributed by atoms with Gasteiger partial charge in [-0.1, -0.05) is 0 Å². The van der Waals surface area contributed by atoms with Crippen molar-refractivity contribution < 1.29 is 9.90 Å². The van der Waals surface area contributed by atoms with Crippen LogP contribution in [-0.2, 0) is 11.2 Å². The summed E-state index contributed by atoms with van der Waals surface area (Å²) in [6, 6.07) is 2.00. The highest BCUT2D eigenvalue weighted by Crippen LogP contribution is 2.49. The van der Waals surface area contributed by atoms with Gasteiger partial charge < -0.3 is 5.11 Å². The molecule has 2 rings (SSSR count). The molecule has 13 heavy (non-hydrogen) atoms. The molecule has 1 fully saturated rings. The second-order valence-electron chi connectivity index (χ2n) is 3.48. The minimum Gasteiger partial charge on any atom is -0.481 e. The number of rotatable bonds is 3. The zero-order valence-corrected chi connectivity index (χ0v) is 9.32. The lowest BCUT2D eigenvalue weighted by atomic mass is 9.99. The molecule has 0 aliphatic heterocycles. The van der Waals surface area contributed by atoms with Crippen LogP contribution >= 0.6 is 27.3 Å². The number of hydrogen-bond donors (Lipinski definition) is 1. The number of carboxylic acid groups (broad SMARTS) is 1. The van der Waals surface area contributed by atoms with E-state index in [4.69, 9.17) is 5.11 Å². The Kier molecular flexibility index (Phi) is 2.20. The molecule has 1 N–H and O–H groups in total. The number of hydrogen-bond acceptors (Lipinski definition) is 2. The molecule has 1 aliphatic rings. The number of carbonyl (C=O) groups is 1. The molecule has 0 atom stereocenters. The smallest absolute Gasteiger partial charge is 0.309 e. The Morgan fingerprint density at radius 3 is 2.77 bits per heavy atom. The molecule has 1 aromatic heterocycles. The van der Waals surface area contributed by atoms with Crippen molar-refractivity contribution in [2.75, 3.05) is 0 Å². The molecular formula is C9H9BrO2S. The fourth-order valence-corrected chi connectivity index (χ4v) is 2.67. The van der Waals surface area contributed by atoms with E-state index < -0.39 is 11.4 Å². The van der Waals surface area contributed by atoms with E-state index in [-0.39, 0.29) is 0 Å². The second kappa shape index (κ2) is 3.10. The average molecular weight is 261 g/mol. The molecule has 2 nitrogen and oxygen atoms in total. The summed E-state index contributed by atoms with van der Waals surface area (Å²) in [5, 5.41) is 11.0. The predicted molar refractivity (Wildman–Crippen MR) is 55.0 cm³/mol. The lowest BCUT2D eigenvalue weighted by molar-refractivity contribution is -0.143. The van der Waals surface area contributed by atoms with Gasteiger partial charge in [-0.3, -0.25) is 4.79 Å². The highest BCUT2D eigenvalue weighted by atomic mass is 79.9. The third-order valence-corrected chi connectivity index (χ3v) is 4.34. The molecular weight excluding hydrogens is 252 g/mol. The number of aliphatic carboxylic acids is 1. The van der Waals surface area contributed by atoms with Crippen molar-refractivity contribution in [3.05, 3.63) is 20.8 Å². The van der Waals surface area contributed by atoms with Crippen LogP contribution < -0.4 is 0 Å². The van der Waals surface area contributed by atoms with Crippen LogP contribution in [0.4, 0.5) is 0 Å². The second-order valence-corrected chi connectivity index (χ2v) is 5.72. The summed E-state index contributed by atoms with van der Waals surface area (Å²) in [6.45, 7) is 0. The van der Waals surface area contributed by atoms with Gasteiger partial charge in [0.1, 0.15) is 0 Å². The van der Waals surface area contributed by atoms with Gasteiger partial charge in [0.15, 0.2) is 0 Å². The number of carboxylic acids is 1. The van der Waals surface area contributed by atoms with E-state index in [9.17, 15) is 4.79 Å². The third-order valence-electron chi connectivity index (χ3n) is 2.53. The van der Waals surface area contributed by atoms with E-state index in [0.29, 0.717) is 6.42 Å². The third kappa shape index (κ3) is 1.65. The average Bonchev–Trinajstić information content (AvgIpc) is 2.74. The van der Waals surface area contributed by atoms with Gasteiger partial charge in [0.2, 0.25) is 0 Å². The molecule has 70 valence electrons. The summed E-state index contributed by atoms with van der Waals surface area (Å²) in [7, 11) is 0. The van der Waals surface area contributed by atoms with E-state index in [2.05, 4.69) is 15.9 Å². The van der Waals surface area contributed by atoms with Crippen molar-refractivity contribution in [1.29, 1.82) is 0 Å². The molecule has 0 amide bonds. The molecule has 0 radical (unpaired) electrons. The predicted octanol–water partition coefficient (Wildman–Crippen LogP) is 2.92. The molecule has 0 saturated heterocycles. The Morgan fingerprint density at radius 2 is 2.38 bits per heavy atom. The zero-order valence-electron chi connectivity index (χ0n) is 6.92. The van der Waals surface area contributed by atoms with Crippen molar-refractivity contribution in [2.24, 2.45) is 5.41 Å². The molecule has 4 heteroatoms. The SMILES string of the molecule is O=C(O)C1(Cc2ccsc2Br)CC1. The van der Waals surface area contributed by atoms with Crippen LogP contribution in [0, 0.1) is 5.41 Å². The fourth-order valence-electron chi connectivity index (χ4n) is 1.43. The standard InChI is InChI=1S/C9H9BrO2S/c10-7-6(1-4-13-7)5-9(2-3-9)8(11)12/h1,4H,2-3,5H2,(H,11,12). The molecule has 1 aromatic rings. The molecule has 1 saturated carbocycles. The van der Waals surface area contributed by atoms with E-state index in [1.54, 1.807) is 11.3 Å². The van der Waals surface area contributed by atoms with Crippen LogP contribution in [0.5, 0.6) is 0 Å². The van der Waals surface area contributed by atoms with Gasteiger partial charge in [-0.2, -0.15) is 0 Å². The topological polar surface area (TPSA) is 37.3 Å². The molecule has 1 aliphatic carbocycles. The summed E-state index contributed by atoms with van der Waals surface area (Å²) in [5.41, 5.74) is 0.689. The first kappa shape index (κ1) is 9.21. The number of halogens is 1. The van der Waals surface area contributed by atoms with Crippen molar-refractivity contribution in [2.45, 2.75) is 19.3 Å². The first-order valence-corrected chi connectivity index (χ1v) is 5.77. The van der Waals surface area contributed by atoms with Gasteiger partial charge in [0.25, 0.3) is 0 Å². The summed E-state index contributed by atoms with van der Waals surface area (Å²) in [6.07, 6.45) is 2.32. The summed E-state index contributed by atoms with van der Waals surface area (Å²) in [4.78, 5) is 10.9. The quantitative estimate of drug-likeness (QED) is 0.908. The van der Waals surface area contributed by atoms with Crippen LogP contribution in [0.3, 0.4) is 0 Å². The molecule has 1 heterocycles. The Balaban J connectivity index is 2.15. The first-order chi connectivity index (χ1) is 6.14. The van der Waals surface area contributed by atoms with Crippen molar-refractivity contribution >= 4 is 33.2 Å². The normalized spacial score (nSPS) is 18.5. The Bertz CT molecular complexity index is 341. The highest BCUT2D eigenvalue weighted by molar-refractivity contribution is 9.11. The van der Waals surface area contributed by atoms with Gasteiger partial charge in [-0.15, -0.1) is 11.3 Å². The Morgan fingerprint density at radius 1 is 1.69 bits per heavy atom. The molecule has 0 bridgehead atoms. The van der Waals surface area contributed by atoms with Gasteiger partial charge in [0, 0.05) is 0 Å². The number of thiophene rings is 1. The minimum atomic E-state index is -0.648. The van der Waals surface area contributed by atoms with E-state index in [1.165, 1.54) is 0 Å².